The molecule has 0 saturated heterocycles. The quantitative estimate of drug-likeness (QED) is 0.443. The number of hydrogen-bond donors (Lipinski definition) is 0. The largest absolute Gasteiger partial charge is 0.465 e. The van der Waals surface area contributed by atoms with E-state index in [4.69, 9.17) is 4.74 Å². The number of Topliss-reactive ketones (excluding diaryl/α,β-unsaturated/α-hetero) is 1. The van der Waals surface area contributed by atoms with E-state index in [-0.39, 0.29) is 24.3 Å². The van der Waals surface area contributed by atoms with Crippen LogP contribution in [0, 0.1) is 5.92 Å². The Labute approximate surface area is 117 Å². The van der Waals surface area contributed by atoms with E-state index in [1.807, 2.05) is 19.9 Å². The van der Waals surface area contributed by atoms with Gasteiger partial charge >= 0.3 is 5.97 Å². The molecule has 0 fully saturated rings. The monoisotopic (exact) mass is 268 g/mol. The van der Waals surface area contributed by atoms with E-state index in [1.165, 1.54) is 5.57 Å². The zero-order valence-corrected chi connectivity index (χ0v) is 12.8. The zero-order chi connectivity index (χ0) is 14.7. The number of carbonyl (C=O) groups excluding carboxylic acids is 2. The Morgan fingerprint density at radius 2 is 1.63 bits per heavy atom. The molecular formula is C16H28O3. The molecule has 0 aromatic heterocycles. The van der Waals surface area contributed by atoms with Gasteiger partial charge in [-0.15, -0.1) is 0 Å². The molecular weight excluding hydrogens is 240 g/mol. The van der Waals surface area contributed by atoms with Crippen molar-refractivity contribution in [1.29, 1.82) is 0 Å². The molecule has 0 aromatic carbocycles. The van der Waals surface area contributed by atoms with Crippen molar-refractivity contribution in [1.82, 2.24) is 0 Å². The summed E-state index contributed by atoms with van der Waals surface area (Å²) in [4.78, 5) is 23.2. The molecule has 0 aliphatic rings. The van der Waals surface area contributed by atoms with Crippen molar-refractivity contribution in [2.75, 3.05) is 6.61 Å². The lowest BCUT2D eigenvalue weighted by molar-refractivity contribution is -0.143. The number of ketones is 1. The highest BCUT2D eigenvalue weighted by atomic mass is 16.5. The first-order valence-electron chi connectivity index (χ1n) is 7.45. The van der Waals surface area contributed by atoms with E-state index in [1.54, 1.807) is 0 Å². The van der Waals surface area contributed by atoms with Gasteiger partial charge in [0.1, 0.15) is 5.78 Å². The highest BCUT2D eigenvalue weighted by Crippen LogP contribution is 2.11. The van der Waals surface area contributed by atoms with Gasteiger partial charge in [-0.3, -0.25) is 9.59 Å². The van der Waals surface area contributed by atoms with Crippen LogP contribution >= 0.6 is 0 Å². The molecule has 0 amide bonds. The van der Waals surface area contributed by atoms with Crippen molar-refractivity contribution in [3.63, 3.8) is 0 Å². The third kappa shape index (κ3) is 7.81. The van der Waals surface area contributed by atoms with Gasteiger partial charge in [0.25, 0.3) is 0 Å². The molecule has 3 nitrogen and oxygen atoms in total. The summed E-state index contributed by atoms with van der Waals surface area (Å²) >= 11 is 0. The summed E-state index contributed by atoms with van der Waals surface area (Å²) in [6.45, 7) is 8.40. The first-order valence-corrected chi connectivity index (χ1v) is 7.45. The molecule has 0 atom stereocenters. The molecule has 19 heavy (non-hydrogen) atoms. The van der Waals surface area contributed by atoms with Gasteiger partial charge in [0, 0.05) is 12.3 Å². The van der Waals surface area contributed by atoms with Crippen LogP contribution in [0.3, 0.4) is 0 Å². The summed E-state index contributed by atoms with van der Waals surface area (Å²) in [5.41, 5.74) is 1.27. The Morgan fingerprint density at radius 1 is 1.05 bits per heavy atom. The van der Waals surface area contributed by atoms with Gasteiger partial charge in [-0.25, -0.2) is 0 Å². The van der Waals surface area contributed by atoms with Gasteiger partial charge in [0.15, 0.2) is 0 Å². The van der Waals surface area contributed by atoms with Gasteiger partial charge in [-0.1, -0.05) is 39.3 Å². The number of allylic oxidation sites excluding steroid dienone is 1. The van der Waals surface area contributed by atoms with Crippen LogP contribution in [0.2, 0.25) is 0 Å². The van der Waals surface area contributed by atoms with Crippen molar-refractivity contribution in [2.24, 2.45) is 5.92 Å². The lowest BCUT2D eigenvalue weighted by Gasteiger charge is -2.10. The standard InChI is InChI=1S/C16H28O3/c1-5-13(6-2)9-10-16(18)19-12-11-15(17)14(7-3)8-4/h9,14H,5-8,10-12H2,1-4H3. The topological polar surface area (TPSA) is 43.4 Å². The summed E-state index contributed by atoms with van der Waals surface area (Å²) < 4.78 is 5.09. The van der Waals surface area contributed by atoms with E-state index in [0.717, 1.165) is 25.7 Å². The molecule has 0 N–H and O–H groups in total. The molecule has 110 valence electrons. The maximum absolute atomic E-state index is 11.7. The van der Waals surface area contributed by atoms with Crippen LogP contribution in [-0.4, -0.2) is 18.4 Å². The average molecular weight is 268 g/mol. The summed E-state index contributed by atoms with van der Waals surface area (Å²) in [5, 5.41) is 0. The second kappa shape index (κ2) is 10.8. The number of carbonyl (C=O) groups is 2. The lowest BCUT2D eigenvalue weighted by Crippen LogP contribution is -2.16. The van der Waals surface area contributed by atoms with E-state index in [0.29, 0.717) is 12.8 Å². The molecule has 0 rings (SSSR count). The zero-order valence-electron chi connectivity index (χ0n) is 12.8. The van der Waals surface area contributed by atoms with E-state index < -0.39 is 0 Å². The number of esters is 1. The third-order valence-corrected chi connectivity index (χ3v) is 3.52. The minimum absolute atomic E-state index is 0.116. The normalized spacial score (nSPS) is 10.4. The summed E-state index contributed by atoms with van der Waals surface area (Å²) in [5.74, 6) is 0.0817. The molecule has 3 heteroatoms. The first-order chi connectivity index (χ1) is 9.08. The van der Waals surface area contributed by atoms with Crippen LogP contribution in [-0.2, 0) is 14.3 Å². The van der Waals surface area contributed by atoms with Crippen molar-refractivity contribution >= 4 is 11.8 Å². The van der Waals surface area contributed by atoms with Crippen molar-refractivity contribution in [3.05, 3.63) is 11.6 Å². The maximum Gasteiger partial charge on any atom is 0.309 e. The minimum Gasteiger partial charge on any atom is -0.465 e. The van der Waals surface area contributed by atoms with Gasteiger partial charge in [0.2, 0.25) is 0 Å². The van der Waals surface area contributed by atoms with E-state index in [2.05, 4.69) is 13.8 Å². The van der Waals surface area contributed by atoms with Crippen LogP contribution in [0.4, 0.5) is 0 Å². The smallest absolute Gasteiger partial charge is 0.309 e. The molecule has 0 aromatic rings. The summed E-state index contributed by atoms with van der Waals surface area (Å²) in [6, 6.07) is 0. The van der Waals surface area contributed by atoms with Gasteiger partial charge in [-0.2, -0.15) is 0 Å². The highest BCUT2D eigenvalue weighted by Gasteiger charge is 2.14. The molecule has 0 aliphatic heterocycles. The van der Waals surface area contributed by atoms with Crippen LogP contribution in [0.25, 0.3) is 0 Å². The molecule has 0 heterocycles. The van der Waals surface area contributed by atoms with Crippen LogP contribution < -0.4 is 0 Å². The van der Waals surface area contributed by atoms with Crippen molar-refractivity contribution in [2.45, 2.75) is 66.2 Å². The Bertz CT molecular complexity index is 295. The van der Waals surface area contributed by atoms with Gasteiger partial charge in [0.05, 0.1) is 13.0 Å². The van der Waals surface area contributed by atoms with Crippen LogP contribution in [0.5, 0.6) is 0 Å². The number of hydrogen-bond acceptors (Lipinski definition) is 3. The maximum atomic E-state index is 11.7. The van der Waals surface area contributed by atoms with Gasteiger partial charge < -0.3 is 4.74 Å². The SMILES string of the molecule is CCC(=CCC(=O)OCCC(=O)C(CC)CC)CC. The number of rotatable bonds is 10. The molecule has 0 spiro atoms. The fraction of sp³-hybridized carbons (Fsp3) is 0.750. The lowest BCUT2D eigenvalue weighted by atomic mass is 9.96. The first kappa shape index (κ1) is 17.9. The number of ether oxygens (including phenoxy) is 1. The van der Waals surface area contributed by atoms with Gasteiger partial charge in [-0.05, 0) is 25.7 Å². The van der Waals surface area contributed by atoms with Crippen molar-refractivity contribution in [3.8, 4) is 0 Å². The molecule has 0 saturated carbocycles. The fourth-order valence-corrected chi connectivity index (χ4v) is 2.04. The summed E-state index contributed by atoms with van der Waals surface area (Å²) in [7, 11) is 0. The third-order valence-electron chi connectivity index (χ3n) is 3.52. The second-order valence-corrected chi connectivity index (χ2v) is 4.72. The molecule has 0 bridgehead atoms. The average Bonchev–Trinajstić information content (AvgIpc) is 2.41. The predicted molar refractivity (Wildman–Crippen MR) is 77.9 cm³/mol. The Morgan fingerprint density at radius 3 is 2.11 bits per heavy atom. The highest BCUT2D eigenvalue weighted by molar-refractivity contribution is 5.81. The summed E-state index contributed by atoms with van der Waals surface area (Å²) in [6.07, 6.45) is 6.26. The molecule has 0 radical (unpaired) electrons. The van der Waals surface area contributed by atoms with Crippen LogP contribution in [0.15, 0.2) is 11.6 Å². The molecule has 0 aliphatic carbocycles. The molecule has 0 unspecified atom stereocenters. The van der Waals surface area contributed by atoms with E-state index in [9.17, 15) is 9.59 Å². The Kier molecular flexibility index (Phi) is 10.1. The predicted octanol–water partition coefficient (Wildman–Crippen LogP) is 4.06. The second-order valence-electron chi connectivity index (χ2n) is 4.72. The Hall–Kier alpha value is -1.12. The minimum atomic E-state index is -0.239. The van der Waals surface area contributed by atoms with E-state index >= 15 is 0 Å². The Balaban J connectivity index is 3.92. The van der Waals surface area contributed by atoms with Crippen LogP contribution in [0.1, 0.15) is 66.2 Å². The van der Waals surface area contributed by atoms with Crippen molar-refractivity contribution < 1.29 is 14.3 Å². The fourth-order valence-electron chi connectivity index (χ4n) is 2.04.